The standard InChI is InChI=1S/C9H19O3P/c1-11-8-4-6-9(7-5-8)12-13(2,3)10/h8-9H,4-7H2,1-3H3. The van der Waals surface area contributed by atoms with E-state index in [1.54, 1.807) is 20.4 Å². The van der Waals surface area contributed by atoms with Crippen molar-refractivity contribution in [3.63, 3.8) is 0 Å². The van der Waals surface area contributed by atoms with Crippen LogP contribution in [0.5, 0.6) is 0 Å². The zero-order valence-electron chi connectivity index (χ0n) is 8.66. The van der Waals surface area contributed by atoms with E-state index in [0.717, 1.165) is 25.7 Å². The van der Waals surface area contributed by atoms with Gasteiger partial charge in [0.25, 0.3) is 0 Å². The second-order valence-corrected chi connectivity index (χ2v) is 6.71. The van der Waals surface area contributed by atoms with Gasteiger partial charge in [-0.1, -0.05) is 0 Å². The van der Waals surface area contributed by atoms with Crippen LogP contribution in [0.15, 0.2) is 0 Å². The smallest absolute Gasteiger partial charge is 0.197 e. The molecule has 0 bridgehead atoms. The summed E-state index contributed by atoms with van der Waals surface area (Å²) in [6.45, 7) is 3.35. The molecule has 0 aromatic carbocycles. The Kier molecular flexibility index (Phi) is 3.96. The predicted octanol–water partition coefficient (Wildman–Crippen LogP) is 2.50. The third kappa shape index (κ3) is 4.26. The SMILES string of the molecule is COC1CCC(OP(C)(C)=O)CC1. The van der Waals surface area contributed by atoms with Gasteiger partial charge in [-0.2, -0.15) is 0 Å². The van der Waals surface area contributed by atoms with Crippen LogP contribution in [-0.2, 0) is 13.8 Å². The molecule has 0 unspecified atom stereocenters. The summed E-state index contributed by atoms with van der Waals surface area (Å²) in [5, 5.41) is 0. The highest BCUT2D eigenvalue weighted by Gasteiger charge is 2.24. The van der Waals surface area contributed by atoms with E-state index in [1.807, 2.05) is 0 Å². The van der Waals surface area contributed by atoms with Crippen molar-refractivity contribution in [1.82, 2.24) is 0 Å². The van der Waals surface area contributed by atoms with Gasteiger partial charge in [0.15, 0.2) is 7.37 Å². The Morgan fingerprint density at radius 1 is 1.08 bits per heavy atom. The first-order valence-electron chi connectivity index (χ1n) is 4.77. The summed E-state index contributed by atoms with van der Waals surface area (Å²) in [5.74, 6) is 0. The maximum absolute atomic E-state index is 11.4. The van der Waals surface area contributed by atoms with Crippen molar-refractivity contribution in [2.45, 2.75) is 37.9 Å². The van der Waals surface area contributed by atoms with Crippen LogP contribution in [0.4, 0.5) is 0 Å². The Morgan fingerprint density at radius 2 is 1.54 bits per heavy atom. The van der Waals surface area contributed by atoms with Crippen LogP contribution in [0, 0.1) is 0 Å². The van der Waals surface area contributed by atoms with Crippen molar-refractivity contribution in [3.05, 3.63) is 0 Å². The summed E-state index contributed by atoms with van der Waals surface area (Å²) in [4.78, 5) is 0. The summed E-state index contributed by atoms with van der Waals surface area (Å²) in [5.41, 5.74) is 0. The number of hydrogen-bond acceptors (Lipinski definition) is 3. The fraction of sp³-hybridized carbons (Fsp3) is 1.00. The van der Waals surface area contributed by atoms with Crippen molar-refractivity contribution in [1.29, 1.82) is 0 Å². The largest absolute Gasteiger partial charge is 0.381 e. The Morgan fingerprint density at radius 3 is 1.92 bits per heavy atom. The van der Waals surface area contributed by atoms with Crippen LogP contribution < -0.4 is 0 Å². The normalized spacial score (nSPS) is 30.4. The van der Waals surface area contributed by atoms with E-state index in [1.165, 1.54) is 0 Å². The molecule has 1 fully saturated rings. The minimum absolute atomic E-state index is 0.187. The molecule has 78 valence electrons. The van der Waals surface area contributed by atoms with Crippen LogP contribution in [0.25, 0.3) is 0 Å². The maximum atomic E-state index is 11.4. The molecule has 1 rings (SSSR count). The molecule has 0 N–H and O–H groups in total. The van der Waals surface area contributed by atoms with E-state index in [9.17, 15) is 4.57 Å². The first kappa shape index (κ1) is 11.2. The van der Waals surface area contributed by atoms with Crippen molar-refractivity contribution < 1.29 is 13.8 Å². The van der Waals surface area contributed by atoms with Crippen LogP contribution in [0.3, 0.4) is 0 Å². The molecule has 0 aromatic heterocycles. The molecule has 1 aliphatic carbocycles. The van der Waals surface area contributed by atoms with Gasteiger partial charge < -0.3 is 9.26 Å². The molecule has 3 nitrogen and oxygen atoms in total. The summed E-state index contributed by atoms with van der Waals surface area (Å²) in [6.07, 6.45) is 4.58. The average Bonchev–Trinajstić information content (AvgIpc) is 2.03. The molecule has 4 heteroatoms. The van der Waals surface area contributed by atoms with Gasteiger partial charge in [-0.25, -0.2) is 0 Å². The van der Waals surface area contributed by atoms with E-state index in [2.05, 4.69) is 0 Å². The Bertz CT molecular complexity index is 191. The number of ether oxygens (including phenoxy) is 1. The van der Waals surface area contributed by atoms with Crippen molar-refractivity contribution in [2.75, 3.05) is 20.4 Å². The quantitative estimate of drug-likeness (QED) is 0.665. The van der Waals surface area contributed by atoms with Gasteiger partial charge in [-0.3, -0.25) is 4.57 Å². The lowest BCUT2D eigenvalue weighted by Crippen LogP contribution is -2.24. The first-order valence-corrected chi connectivity index (χ1v) is 7.29. The molecule has 0 amide bonds. The van der Waals surface area contributed by atoms with Gasteiger partial charge in [0.2, 0.25) is 0 Å². The first-order chi connectivity index (χ1) is 6.01. The highest BCUT2D eigenvalue weighted by Crippen LogP contribution is 2.42. The van der Waals surface area contributed by atoms with Gasteiger partial charge in [0, 0.05) is 20.4 Å². The molecular formula is C9H19O3P. The highest BCUT2D eigenvalue weighted by atomic mass is 31.2. The average molecular weight is 206 g/mol. The molecule has 0 atom stereocenters. The van der Waals surface area contributed by atoms with Crippen LogP contribution in [-0.4, -0.2) is 32.6 Å². The fourth-order valence-corrected chi connectivity index (χ4v) is 2.66. The molecule has 1 saturated carbocycles. The minimum Gasteiger partial charge on any atom is -0.381 e. The van der Waals surface area contributed by atoms with E-state index in [4.69, 9.17) is 9.26 Å². The number of hydrogen-bond donors (Lipinski definition) is 0. The van der Waals surface area contributed by atoms with E-state index >= 15 is 0 Å². The third-order valence-corrected chi connectivity index (χ3v) is 3.16. The lowest BCUT2D eigenvalue weighted by atomic mass is 9.95. The van der Waals surface area contributed by atoms with E-state index in [0.29, 0.717) is 6.10 Å². The van der Waals surface area contributed by atoms with Gasteiger partial charge in [-0.15, -0.1) is 0 Å². The van der Waals surface area contributed by atoms with Crippen LogP contribution >= 0.6 is 7.37 Å². The minimum atomic E-state index is -2.30. The zero-order chi connectivity index (χ0) is 9.90. The molecule has 0 radical (unpaired) electrons. The van der Waals surface area contributed by atoms with Crippen molar-refractivity contribution in [3.8, 4) is 0 Å². The van der Waals surface area contributed by atoms with Gasteiger partial charge in [-0.05, 0) is 25.7 Å². The second-order valence-electron chi connectivity index (χ2n) is 3.99. The lowest BCUT2D eigenvalue weighted by molar-refractivity contribution is 0.0341. The maximum Gasteiger partial charge on any atom is 0.197 e. The molecule has 13 heavy (non-hydrogen) atoms. The summed E-state index contributed by atoms with van der Waals surface area (Å²) in [7, 11) is -0.557. The molecule has 1 aliphatic rings. The summed E-state index contributed by atoms with van der Waals surface area (Å²) >= 11 is 0. The topological polar surface area (TPSA) is 35.5 Å². The third-order valence-electron chi connectivity index (χ3n) is 2.36. The predicted molar refractivity (Wildman–Crippen MR) is 53.6 cm³/mol. The van der Waals surface area contributed by atoms with Crippen LogP contribution in [0.1, 0.15) is 25.7 Å². The summed E-state index contributed by atoms with van der Waals surface area (Å²) in [6, 6.07) is 0. The molecular weight excluding hydrogens is 187 g/mol. The van der Waals surface area contributed by atoms with Crippen molar-refractivity contribution in [2.24, 2.45) is 0 Å². The molecule has 0 spiro atoms. The van der Waals surface area contributed by atoms with Gasteiger partial charge in [0.1, 0.15) is 0 Å². The number of rotatable bonds is 3. The van der Waals surface area contributed by atoms with Gasteiger partial charge in [0.05, 0.1) is 12.2 Å². The van der Waals surface area contributed by atoms with Crippen molar-refractivity contribution >= 4 is 7.37 Å². The second kappa shape index (κ2) is 4.59. The van der Waals surface area contributed by atoms with E-state index < -0.39 is 7.37 Å². The Labute approximate surface area is 80.3 Å². The molecule has 0 saturated heterocycles. The van der Waals surface area contributed by atoms with E-state index in [-0.39, 0.29) is 6.10 Å². The Hall–Kier alpha value is 0.150. The molecule has 0 aromatic rings. The Balaban J connectivity index is 2.29. The summed E-state index contributed by atoms with van der Waals surface area (Å²) < 4.78 is 22.1. The lowest BCUT2D eigenvalue weighted by Gasteiger charge is -2.28. The van der Waals surface area contributed by atoms with Gasteiger partial charge >= 0.3 is 0 Å². The van der Waals surface area contributed by atoms with Crippen LogP contribution in [0.2, 0.25) is 0 Å². The monoisotopic (exact) mass is 206 g/mol. The highest BCUT2D eigenvalue weighted by molar-refractivity contribution is 7.57. The zero-order valence-corrected chi connectivity index (χ0v) is 9.55. The molecule has 0 heterocycles. The number of methoxy groups -OCH3 is 1. The fourth-order valence-electron chi connectivity index (χ4n) is 1.73. The molecule has 0 aliphatic heterocycles.